The molecule has 0 spiro atoms. The second kappa shape index (κ2) is 5.58. The van der Waals surface area contributed by atoms with Crippen molar-refractivity contribution in [3.63, 3.8) is 0 Å². The van der Waals surface area contributed by atoms with Crippen LogP contribution < -0.4 is 0 Å². The standard InChI is InChI=1S/C6H10GeO7/c1-3(5(8)9)13-7(12)14-4(2)6(10)11/h3-4H,1-2H3,(H,8,9)(H,10,11)/p+2. The van der Waals surface area contributed by atoms with Crippen molar-refractivity contribution in [1.82, 2.24) is 0 Å². The van der Waals surface area contributed by atoms with E-state index in [-0.39, 0.29) is 0 Å². The first kappa shape index (κ1) is 12.9. The Morgan fingerprint density at radius 1 is 1.07 bits per heavy atom. The molecule has 7 nitrogen and oxygen atoms in total. The molecule has 8 heteroatoms. The molecule has 0 aromatic rings. The monoisotopic (exact) mass is 270 g/mol. The van der Waals surface area contributed by atoms with Crippen LogP contribution in [0.25, 0.3) is 0 Å². The predicted molar refractivity (Wildman–Crippen MR) is 44.8 cm³/mol. The van der Waals surface area contributed by atoms with Crippen molar-refractivity contribution >= 4 is 26.9 Å². The number of hydrogen-bond donors (Lipinski definition) is 0. The minimum absolute atomic E-state index is 1.01. The summed E-state index contributed by atoms with van der Waals surface area (Å²) in [4.78, 5) is 20.7. The summed E-state index contributed by atoms with van der Waals surface area (Å²) in [5, 5.41) is 13.2. The van der Waals surface area contributed by atoms with Gasteiger partial charge < -0.3 is 0 Å². The van der Waals surface area contributed by atoms with Gasteiger partial charge in [-0.3, -0.25) is 0 Å². The quantitative estimate of drug-likeness (QED) is 0.397. The molecular formula is C6H12GeO7+2. The molecular weight excluding hydrogens is 257 g/mol. The third-order valence-electron chi connectivity index (χ3n) is 1.28. The van der Waals surface area contributed by atoms with Gasteiger partial charge in [-0.25, -0.2) is 0 Å². The van der Waals surface area contributed by atoms with E-state index in [1.807, 2.05) is 0 Å². The number of carbonyl (C=O) groups excluding carboxylic acids is 2. The Kier molecular flexibility index (Phi) is 5.13. The molecule has 0 aromatic carbocycles. The maximum atomic E-state index is 11.0. The molecule has 0 saturated heterocycles. The molecule has 0 aliphatic rings. The second-order valence-corrected chi connectivity index (χ2v) is 4.54. The second-order valence-electron chi connectivity index (χ2n) is 2.50. The van der Waals surface area contributed by atoms with Crippen LogP contribution in [-0.4, -0.2) is 49.3 Å². The van der Waals surface area contributed by atoms with E-state index in [1.165, 1.54) is 13.8 Å². The summed E-state index contributed by atoms with van der Waals surface area (Å²) >= 11 is -3.63. The normalized spacial score (nSPS) is 13.9. The molecule has 0 amide bonds. The third-order valence-corrected chi connectivity index (χ3v) is 3.58. The SMILES string of the molecule is CC([O][Ge](=[O])[O]C(C)C(=O)[OH2+])C(=O)[OH2+]. The van der Waals surface area contributed by atoms with E-state index in [9.17, 15) is 13.4 Å². The van der Waals surface area contributed by atoms with Gasteiger partial charge in [-0.1, -0.05) is 0 Å². The van der Waals surface area contributed by atoms with Crippen LogP contribution in [0.5, 0.6) is 0 Å². The molecule has 80 valence electrons. The molecule has 4 N–H and O–H groups in total. The zero-order valence-electron chi connectivity index (χ0n) is 7.70. The van der Waals surface area contributed by atoms with E-state index in [2.05, 4.69) is 7.53 Å². The van der Waals surface area contributed by atoms with Crippen LogP contribution in [0, 0.1) is 0 Å². The van der Waals surface area contributed by atoms with Gasteiger partial charge in [0, 0.05) is 0 Å². The fraction of sp³-hybridized carbons (Fsp3) is 0.667. The summed E-state index contributed by atoms with van der Waals surface area (Å²) in [6.07, 6.45) is -2.26. The van der Waals surface area contributed by atoms with E-state index in [0.717, 1.165) is 0 Å². The molecule has 0 heterocycles. The van der Waals surface area contributed by atoms with Crippen molar-refractivity contribution in [2.75, 3.05) is 0 Å². The van der Waals surface area contributed by atoms with E-state index in [4.69, 9.17) is 10.2 Å². The van der Waals surface area contributed by atoms with Crippen LogP contribution in [-0.2, 0) is 20.9 Å². The van der Waals surface area contributed by atoms with Gasteiger partial charge in [-0.2, -0.15) is 0 Å². The van der Waals surface area contributed by atoms with Crippen molar-refractivity contribution in [1.29, 1.82) is 0 Å². The molecule has 0 aliphatic carbocycles. The topological polar surface area (TPSA) is 115 Å². The molecule has 14 heavy (non-hydrogen) atoms. The number of rotatable bonds is 6. The molecule has 0 bridgehead atoms. The molecule has 0 rings (SSSR count). The van der Waals surface area contributed by atoms with Gasteiger partial charge >= 0.3 is 84.1 Å². The summed E-state index contributed by atoms with van der Waals surface area (Å²) in [6.45, 7) is 2.52. The Bertz CT molecular complexity index is 227. The van der Waals surface area contributed by atoms with Gasteiger partial charge in [-0.15, -0.1) is 0 Å². The first-order valence-electron chi connectivity index (χ1n) is 3.72. The Morgan fingerprint density at radius 2 is 1.36 bits per heavy atom. The Labute approximate surface area is 84.6 Å². The van der Waals surface area contributed by atoms with Gasteiger partial charge in [0.2, 0.25) is 0 Å². The molecule has 0 aliphatic heterocycles. The fourth-order valence-electron chi connectivity index (χ4n) is 0.423. The summed E-state index contributed by atoms with van der Waals surface area (Å²) in [7, 11) is 0. The molecule has 2 atom stereocenters. The number of hydrogen-bond acceptors (Lipinski definition) is 5. The van der Waals surface area contributed by atoms with Gasteiger partial charge in [0.05, 0.1) is 0 Å². The summed E-state index contributed by atoms with van der Waals surface area (Å²) < 4.78 is 20.1. The summed E-state index contributed by atoms with van der Waals surface area (Å²) in [6, 6.07) is 0. The van der Waals surface area contributed by atoms with Crippen molar-refractivity contribution in [3.8, 4) is 0 Å². The van der Waals surface area contributed by atoms with Crippen LogP contribution >= 0.6 is 0 Å². The Hall–Kier alpha value is -1.12. The van der Waals surface area contributed by atoms with Crippen LogP contribution in [0.1, 0.15) is 13.8 Å². The Morgan fingerprint density at radius 3 is 1.57 bits per heavy atom. The number of carbonyl (C=O) groups is 2. The van der Waals surface area contributed by atoms with E-state index in [0.29, 0.717) is 0 Å². The molecule has 2 unspecified atom stereocenters. The van der Waals surface area contributed by atoms with Gasteiger partial charge in [-0.05, 0) is 0 Å². The molecule has 0 fully saturated rings. The first-order valence-corrected chi connectivity index (χ1v) is 6.29. The van der Waals surface area contributed by atoms with Crippen molar-refractivity contribution in [2.45, 2.75) is 26.1 Å². The predicted octanol–water partition coefficient (Wildman–Crippen LogP) is -2.29. The minimum atomic E-state index is -3.63. The Balaban J connectivity index is 3.99. The van der Waals surface area contributed by atoms with Crippen molar-refractivity contribution in [2.24, 2.45) is 0 Å². The van der Waals surface area contributed by atoms with E-state index >= 15 is 0 Å². The summed E-state index contributed by atoms with van der Waals surface area (Å²) in [5.74, 6) is -2.03. The fourth-order valence-corrected chi connectivity index (χ4v) is 2.20. The van der Waals surface area contributed by atoms with E-state index in [1.54, 1.807) is 0 Å². The van der Waals surface area contributed by atoms with Gasteiger partial charge in [0.15, 0.2) is 0 Å². The zero-order valence-corrected chi connectivity index (χ0v) is 9.79. The van der Waals surface area contributed by atoms with Crippen LogP contribution in [0.4, 0.5) is 0 Å². The van der Waals surface area contributed by atoms with E-state index < -0.39 is 39.1 Å². The van der Waals surface area contributed by atoms with Crippen LogP contribution in [0.3, 0.4) is 0 Å². The molecule has 0 radical (unpaired) electrons. The van der Waals surface area contributed by atoms with Crippen LogP contribution in [0.15, 0.2) is 0 Å². The van der Waals surface area contributed by atoms with Crippen molar-refractivity contribution < 1.29 is 31.1 Å². The molecule has 0 aromatic heterocycles. The zero-order chi connectivity index (χ0) is 11.3. The summed E-state index contributed by atoms with van der Waals surface area (Å²) in [5.41, 5.74) is 0. The van der Waals surface area contributed by atoms with Gasteiger partial charge in [0.25, 0.3) is 0 Å². The molecule has 0 saturated carbocycles. The van der Waals surface area contributed by atoms with Crippen molar-refractivity contribution in [3.05, 3.63) is 0 Å². The third kappa shape index (κ3) is 4.80. The maximum absolute atomic E-state index is 11.0. The average molecular weight is 269 g/mol. The van der Waals surface area contributed by atoms with Crippen LogP contribution in [0.2, 0.25) is 0 Å². The first-order chi connectivity index (χ1) is 6.34. The average Bonchev–Trinajstić information content (AvgIpc) is 2.03. The van der Waals surface area contributed by atoms with Gasteiger partial charge in [0.1, 0.15) is 0 Å².